The highest BCUT2D eigenvalue weighted by molar-refractivity contribution is 5.39. The van der Waals surface area contributed by atoms with Crippen LogP contribution in [0.4, 0.5) is 0 Å². The zero-order valence-electron chi connectivity index (χ0n) is 15.0. The molecule has 3 aromatic rings. The molecule has 2 aromatic heterocycles. The fourth-order valence-electron chi connectivity index (χ4n) is 3.61. The van der Waals surface area contributed by atoms with E-state index in [1.54, 1.807) is 6.20 Å². The predicted molar refractivity (Wildman–Crippen MR) is 101 cm³/mol. The molecule has 136 valence electrons. The van der Waals surface area contributed by atoms with E-state index in [0.717, 1.165) is 49.2 Å². The molecule has 2 heterocycles. The van der Waals surface area contributed by atoms with Crippen molar-refractivity contribution < 1.29 is 5.11 Å². The number of aryl methyl sites for hydroxylation is 1. The highest BCUT2D eigenvalue weighted by Gasteiger charge is 2.26. The second kappa shape index (κ2) is 7.60. The Morgan fingerprint density at radius 3 is 3.00 bits per heavy atom. The molecule has 0 amide bonds. The van der Waals surface area contributed by atoms with E-state index in [9.17, 15) is 5.11 Å². The highest BCUT2D eigenvalue weighted by atomic mass is 16.3. The highest BCUT2D eigenvalue weighted by Crippen LogP contribution is 2.32. The maximum atomic E-state index is 10.6. The fraction of sp³-hybridized carbons (Fsp3) is 0.286. The minimum atomic E-state index is 0.204. The summed E-state index contributed by atoms with van der Waals surface area (Å²) in [4.78, 5) is 4.27. The first kappa shape index (κ1) is 17.3. The number of aromatic nitrogens is 3. The summed E-state index contributed by atoms with van der Waals surface area (Å²) >= 11 is 0. The number of benzene rings is 1. The number of rotatable bonds is 5. The van der Waals surface area contributed by atoms with Crippen molar-refractivity contribution in [3.63, 3.8) is 0 Å². The molecule has 6 heteroatoms. The van der Waals surface area contributed by atoms with Gasteiger partial charge in [-0.15, -0.1) is 0 Å². The van der Waals surface area contributed by atoms with Crippen LogP contribution < -0.4 is 5.32 Å². The van der Waals surface area contributed by atoms with E-state index in [0.29, 0.717) is 17.3 Å². The van der Waals surface area contributed by atoms with E-state index in [2.05, 4.69) is 21.5 Å². The first-order chi connectivity index (χ1) is 13.2. The second-order valence-electron chi connectivity index (χ2n) is 6.90. The molecule has 1 aromatic carbocycles. The molecule has 1 aliphatic rings. The van der Waals surface area contributed by atoms with Crippen molar-refractivity contribution in [1.82, 2.24) is 20.1 Å². The molecule has 0 bridgehead atoms. The van der Waals surface area contributed by atoms with Gasteiger partial charge in [0.1, 0.15) is 0 Å². The maximum Gasteiger partial charge on any atom is 0.219 e. The summed E-state index contributed by atoms with van der Waals surface area (Å²) in [7, 11) is 0. The minimum Gasteiger partial charge on any atom is -0.493 e. The average Bonchev–Trinajstić information content (AvgIpc) is 3.05. The van der Waals surface area contributed by atoms with Crippen LogP contribution in [0.5, 0.6) is 5.88 Å². The quantitative estimate of drug-likeness (QED) is 0.731. The van der Waals surface area contributed by atoms with Crippen LogP contribution in [0.25, 0.3) is 5.82 Å². The Hall–Kier alpha value is -3.17. The number of aromatic hydroxyl groups is 1. The largest absolute Gasteiger partial charge is 0.493 e. The van der Waals surface area contributed by atoms with Crippen LogP contribution in [0.1, 0.15) is 28.8 Å². The first-order valence-corrected chi connectivity index (χ1v) is 9.15. The lowest BCUT2D eigenvalue weighted by Crippen LogP contribution is -2.26. The number of nitrogens with one attached hydrogen (secondary N) is 1. The molecule has 0 aliphatic heterocycles. The molecule has 0 saturated carbocycles. The summed E-state index contributed by atoms with van der Waals surface area (Å²) in [5.74, 6) is 1.29. The van der Waals surface area contributed by atoms with Gasteiger partial charge in [-0.05, 0) is 61.6 Å². The SMILES string of the molecule is N#Cc1cccc(CNCC2CCc3nn(-c4ccccn4)c(O)c3C2)c1. The molecule has 2 N–H and O–H groups in total. The van der Waals surface area contributed by atoms with E-state index in [1.807, 2.05) is 42.5 Å². The molecular formula is C21H21N5O. The Labute approximate surface area is 158 Å². The smallest absolute Gasteiger partial charge is 0.219 e. The van der Waals surface area contributed by atoms with Crippen LogP contribution in [-0.2, 0) is 19.4 Å². The summed E-state index contributed by atoms with van der Waals surface area (Å²) in [6.45, 7) is 1.60. The third kappa shape index (κ3) is 3.69. The number of nitriles is 1. The van der Waals surface area contributed by atoms with Gasteiger partial charge in [0.25, 0.3) is 0 Å². The zero-order valence-corrected chi connectivity index (χ0v) is 15.0. The summed E-state index contributed by atoms with van der Waals surface area (Å²) < 4.78 is 1.54. The Morgan fingerprint density at radius 2 is 2.19 bits per heavy atom. The molecule has 1 aliphatic carbocycles. The molecule has 1 unspecified atom stereocenters. The molecule has 1 atom stereocenters. The molecule has 27 heavy (non-hydrogen) atoms. The summed E-state index contributed by atoms with van der Waals surface area (Å²) in [5.41, 5.74) is 3.70. The molecule has 0 fully saturated rings. The van der Waals surface area contributed by atoms with Gasteiger partial charge in [-0.1, -0.05) is 18.2 Å². The van der Waals surface area contributed by atoms with E-state index in [-0.39, 0.29) is 5.88 Å². The first-order valence-electron chi connectivity index (χ1n) is 9.15. The van der Waals surface area contributed by atoms with Crippen molar-refractivity contribution in [2.45, 2.75) is 25.8 Å². The van der Waals surface area contributed by atoms with Gasteiger partial charge in [0.2, 0.25) is 5.88 Å². The van der Waals surface area contributed by atoms with Gasteiger partial charge in [-0.3, -0.25) is 0 Å². The van der Waals surface area contributed by atoms with Crippen molar-refractivity contribution in [1.29, 1.82) is 5.26 Å². The fourth-order valence-corrected chi connectivity index (χ4v) is 3.61. The Kier molecular flexibility index (Phi) is 4.86. The van der Waals surface area contributed by atoms with Crippen molar-refractivity contribution in [2.24, 2.45) is 5.92 Å². The normalized spacial score (nSPS) is 15.9. The van der Waals surface area contributed by atoms with Gasteiger partial charge in [0, 0.05) is 18.3 Å². The number of hydrogen-bond donors (Lipinski definition) is 2. The average molecular weight is 359 g/mol. The van der Waals surface area contributed by atoms with Crippen molar-refractivity contribution >= 4 is 0 Å². The standard InChI is InChI=1S/C21H21N5O/c22-12-15-4-3-5-16(10-15)13-23-14-17-7-8-19-18(11-17)21(27)26(25-19)20-6-1-2-9-24-20/h1-6,9-10,17,23,27H,7-8,11,13-14H2. The topological polar surface area (TPSA) is 86.8 Å². The minimum absolute atomic E-state index is 0.204. The molecule has 0 saturated heterocycles. The number of pyridine rings is 1. The zero-order chi connectivity index (χ0) is 18.6. The molecule has 6 nitrogen and oxygen atoms in total. The van der Waals surface area contributed by atoms with Gasteiger partial charge >= 0.3 is 0 Å². The van der Waals surface area contributed by atoms with Gasteiger partial charge in [0.05, 0.1) is 17.3 Å². The Morgan fingerprint density at radius 1 is 1.26 bits per heavy atom. The van der Waals surface area contributed by atoms with Gasteiger partial charge in [-0.2, -0.15) is 15.0 Å². The van der Waals surface area contributed by atoms with E-state index < -0.39 is 0 Å². The maximum absolute atomic E-state index is 10.6. The number of fused-ring (bicyclic) bond motifs is 1. The van der Waals surface area contributed by atoms with Crippen molar-refractivity contribution in [2.75, 3.05) is 6.54 Å². The van der Waals surface area contributed by atoms with E-state index >= 15 is 0 Å². The van der Waals surface area contributed by atoms with E-state index in [4.69, 9.17) is 5.26 Å². The molecule has 0 radical (unpaired) electrons. The predicted octanol–water partition coefficient (Wildman–Crippen LogP) is 2.74. The van der Waals surface area contributed by atoms with Crippen LogP contribution >= 0.6 is 0 Å². The van der Waals surface area contributed by atoms with Gasteiger partial charge in [-0.25, -0.2) is 4.98 Å². The van der Waals surface area contributed by atoms with Crippen LogP contribution in [0.3, 0.4) is 0 Å². The lowest BCUT2D eigenvalue weighted by molar-refractivity contribution is 0.398. The van der Waals surface area contributed by atoms with Gasteiger partial charge in [0.15, 0.2) is 5.82 Å². The number of nitrogens with zero attached hydrogens (tertiary/aromatic N) is 4. The third-order valence-corrected chi connectivity index (χ3v) is 5.01. The lowest BCUT2D eigenvalue weighted by Gasteiger charge is -2.21. The third-order valence-electron chi connectivity index (χ3n) is 5.01. The van der Waals surface area contributed by atoms with Crippen LogP contribution in [0, 0.1) is 17.2 Å². The monoisotopic (exact) mass is 359 g/mol. The lowest BCUT2D eigenvalue weighted by atomic mass is 9.87. The van der Waals surface area contributed by atoms with Crippen LogP contribution in [0.2, 0.25) is 0 Å². The van der Waals surface area contributed by atoms with Gasteiger partial charge < -0.3 is 10.4 Å². The molecule has 0 spiro atoms. The summed E-state index contributed by atoms with van der Waals surface area (Å²) in [6, 6.07) is 15.4. The van der Waals surface area contributed by atoms with Crippen molar-refractivity contribution in [3.05, 3.63) is 71.0 Å². The van der Waals surface area contributed by atoms with Crippen LogP contribution in [-0.4, -0.2) is 26.4 Å². The van der Waals surface area contributed by atoms with Crippen LogP contribution in [0.15, 0.2) is 48.7 Å². The number of hydrogen-bond acceptors (Lipinski definition) is 5. The Bertz CT molecular complexity index is 974. The Balaban J connectivity index is 1.40. The molecular weight excluding hydrogens is 338 g/mol. The molecule has 4 rings (SSSR count). The second-order valence-corrected chi connectivity index (χ2v) is 6.90. The van der Waals surface area contributed by atoms with E-state index in [1.165, 1.54) is 4.68 Å². The summed E-state index contributed by atoms with van der Waals surface area (Å²) in [5, 5.41) is 27.6. The summed E-state index contributed by atoms with van der Waals surface area (Å²) in [6.07, 6.45) is 4.40. The van der Waals surface area contributed by atoms with Crippen molar-refractivity contribution in [3.8, 4) is 17.8 Å².